The fourth-order valence-electron chi connectivity index (χ4n) is 7.18. The summed E-state index contributed by atoms with van der Waals surface area (Å²) >= 11 is 0. The first-order valence-corrected chi connectivity index (χ1v) is 17.2. The van der Waals surface area contributed by atoms with Crippen LogP contribution in [0.25, 0.3) is 66.1 Å². The third kappa shape index (κ3) is 6.28. The van der Waals surface area contributed by atoms with Crippen molar-refractivity contribution in [2.45, 2.75) is 25.3 Å². The summed E-state index contributed by atoms with van der Waals surface area (Å²) in [4.78, 5) is 0. The Kier molecular flexibility index (Phi) is 9.36. The van der Waals surface area contributed by atoms with Crippen LogP contribution in [-0.2, 0) is 12.2 Å². The molecule has 0 fully saturated rings. The molecule has 0 bridgehead atoms. The van der Waals surface area contributed by atoms with Crippen molar-refractivity contribution in [2.75, 3.05) is 0 Å². The number of hydrogen-bond donors (Lipinski definition) is 3. The van der Waals surface area contributed by atoms with Crippen molar-refractivity contribution in [2.24, 2.45) is 5.73 Å². The average molecular weight is 900 g/mol. The van der Waals surface area contributed by atoms with Crippen LogP contribution >= 0.6 is 0 Å². The molecule has 5 nitrogen and oxygen atoms in total. The summed E-state index contributed by atoms with van der Waals surface area (Å²) in [6.07, 6.45) is -0.481. The van der Waals surface area contributed by atoms with Gasteiger partial charge in [-0.2, -0.15) is 42.5 Å². The third-order valence-corrected chi connectivity index (χ3v) is 9.90. The van der Waals surface area contributed by atoms with E-state index in [4.69, 9.17) is 14.6 Å². The van der Waals surface area contributed by atoms with Crippen molar-refractivity contribution >= 4 is 43.9 Å². The van der Waals surface area contributed by atoms with Crippen molar-refractivity contribution in [3.05, 3.63) is 180 Å². The number of fused-ring (bicyclic) bond motifs is 6. The number of nitrogens with two attached hydrogens (primary N) is 1. The molecule has 2 atom stereocenters. The van der Waals surface area contributed by atoms with Crippen LogP contribution in [0.2, 0.25) is 0 Å². The van der Waals surface area contributed by atoms with Crippen LogP contribution < -0.4 is 16.4 Å². The Morgan fingerprint density at radius 3 is 2.23 bits per heavy atom. The van der Waals surface area contributed by atoms with Crippen molar-refractivity contribution in [1.29, 1.82) is 0 Å². The van der Waals surface area contributed by atoms with Crippen LogP contribution in [0.15, 0.2) is 160 Å². The fraction of sp³-hybridized carbons (Fsp3) is 0.0870. The topological polar surface area (TPSA) is 76.4 Å². The van der Waals surface area contributed by atoms with E-state index in [2.05, 4.69) is 115 Å². The Bertz CT molecular complexity index is 2650. The molecule has 2 heterocycles. The smallest absolute Gasteiger partial charge is 0.456 e. The van der Waals surface area contributed by atoms with E-state index in [-0.39, 0.29) is 31.1 Å². The Morgan fingerprint density at radius 2 is 1.40 bits per heavy atom. The van der Waals surface area contributed by atoms with E-state index in [1.807, 2.05) is 66.7 Å². The molecule has 52 heavy (non-hydrogen) atoms. The van der Waals surface area contributed by atoms with Crippen molar-refractivity contribution in [3.8, 4) is 22.3 Å². The molecule has 0 aliphatic heterocycles. The second-order valence-corrected chi connectivity index (χ2v) is 13.2. The van der Waals surface area contributed by atoms with Crippen molar-refractivity contribution < 1.29 is 39.9 Å². The molecule has 0 radical (unpaired) electrons. The minimum atomic E-state index is -0.725. The van der Waals surface area contributed by atoms with E-state index in [9.17, 15) is 0 Å². The van der Waals surface area contributed by atoms with Gasteiger partial charge in [0, 0.05) is 39.8 Å². The van der Waals surface area contributed by atoms with Gasteiger partial charge in [0.2, 0.25) is 0 Å². The van der Waals surface area contributed by atoms with Gasteiger partial charge in [-0.25, -0.2) is 11.1 Å². The molecule has 0 saturated heterocycles. The average Bonchev–Trinajstić information content (AvgIpc) is 3.76. The monoisotopic (exact) mass is 899 g/mol. The number of rotatable bonds is 9. The molecule has 0 aliphatic rings. The zero-order valence-corrected chi connectivity index (χ0v) is 32.8. The van der Waals surface area contributed by atoms with Crippen LogP contribution in [0, 0.1) is 43.2 Å². The normalized spacial score (nSPS) is 13.3. The zero-order valence-electron chi connectivity index (χ0n) is 28.6. The van der Waals surface area contributed by atoms with Gasteiger partial charge >= 0.3 is 31.1 Å². The molecule has 6 heteroatoms. The van der Waals surface area contributed by atoms with Gasteiger partial charge in [-0.05, 0) is 41.8 Å². The van der Waals surface area contributed by atoms with Crippen molar-refractivity contribution in [3.63, 3.8) is 0 Å². The number of para-hydroxylation sites is 2. The maximum absolute atomic E-state index is 6.90. The summed E-state index contributed by atoms with van der Waals surface area (Å²) < 4.78 is 13.0. The molecule has 0 saturated carbocycles. The molecule has 2 aromatic heterocycles. The van der Waals surface area contributed by atoms with E-state index in [1.54, 1.807) is 0 Å². The summed E-state index contributed by atoms with van der Waals surface area (Å²) in [7, 11) is 0. The number of benzene rings is 7. The summed E-state index contributed by atoms with van der Waals surface area (Å²) in [5.74, 6) is 0. The van der Waals surface area contributed by atoms with Crippen LogP contribution in [0.5, 0.6) is 0 Å². The van der Waals surface area contributed by atoms with Gasteiger partial charge in [-0.15, -0.1) is 12.1 Å². The molecule has 7 aromatic carbocycles. The largest absolute Gasteiger partial charge is 2.00 e. The van der Waals surface area contributed by atoms with E-state index in [0.29, 0.717) is 6.54 Å². The molecule has 2 unspecified atom stereocenters. The molecule has 9 aromatic rings. The Balaban J connectivity index is 0.00000387. The molecule has 0 aliphatic carbocycles. The Hall–Kier alpha value is -4.93. The minimum absolute atomic E-state index is 0. The number of furan rings is 2. The van der Waals surface area contributed by atoms with Gasteiger partial charge in [0.05, 0.1) is 5.66 Å². The van der Waals surface area contributed by atoms with Gasteiger partial charge in [0.25, 0.3) is 0 Å². The van der Waals surface area contributed by atoms with Gasteiger partial charge in [-0.3, -0.25) is 10.6 Å². The Labute approximate surface area is 326 Å². The second-order valence-electron chi connectivity index (χ2n) is 13.2. The van der Waals surface area contributed by atoms with Crippen LogP contribution in [0.4, 0.5) is 0 Å². The first kappa shape index (κ1) is 34.2. The first-order chi connectivity index (χ1) is 25.0. The van der Waals surface area contributed by atoms with Crippen LogP contribution in [0.1, 0.15) is 29.8 Å². The summed E-state index contributed by atoms with van der Waals surface area (Å²) in [5, 5.41) is 11.8. The van der Waals surface area contributed by atoms with Gasteiger partial charge < -0.3 is 14.6 Å². The maximum Gasteiger partial charge on any atom is 2.00 e. The molecule has 0 amide bonds. The molecular weight excluding hydrogens is 865 g/mol. The first-order valence-electron chi connectivity index (χ1n) is 17.2. The van der Waals surface area contributed by atoms with Crippen LogP contribution in [0.3, 0.4) is 0 Å². The van der Waals surface area contributed by atoms with E-state index in [0.717, 1.165) is 77.3 Å². The van der Waals surface area contributed by atoms with Gasteiger partial charge in [-0.1, -0.05) is 96.6 Å². The summed E-state index contributed by atoms with van der Waals surface area (Å²) in [6, 6.07) is 58.2. The van der Waals surface area contributed by atoms with Crippen molar-refractivity contribution in [1.82, 2.24) is 10.6 Å². The van der Waals surface area contributed by atoms with Gasteiger partial charge in [0.1, 0.15) is 22.3 Å². The predicted molar refractivity (Wildman–Crippen MR) is 207 cm³/mol. The number of hydrogen-bond acceptors (Lipinski definition) is 5. The van der Waals surface area contributed by atoms with Crippen LogP contribution in [-0.4, -0.2) is 0 Å². The molecular formula is C46H35N3O2U. The predicted octanol–water partition coefficient (Wildman–Crippen LogP) is 10.6. The third-order valence-electron chi connectivity index (χ3n) is 9.90. The SMILES string of the molecule is CC(NCc1ccccc1)(NC(N)c1c[c-]c(-c2[c-]cccc2)cc1)c1ccc2c(c1)oc1cccc(-c3cccc4c3oc3ccccc34)c12.[U+2]. The second kappa shape index (κ2) is 14.2. The maximum atomic E-state index is 6.90. The minimum Gasteiger partial charge on any atom is -0.456 e. The number of nitrogens with one attached hydrogen (secondary N) is 2. The molecule has 9 rings (SSSR count). The summed E-state index contributed by atoms with van der Waals surface area (Å²) in [5.41, 5.74) is 16.7. The zero-order chi connectivity index (χ0) is 34.4. The molecule has 250 valence electrons. The summed E-state index contributed by atoms with van der Waals surface area (Å²) in [6.45, 7) is 2.76. The Morgan fingerprint density at radius 1 is 0.654 bits per heavy atom. The van der Waals surface area contributed by atoms with E-state index < -0.39 is 11.8 Å². The quantitative estimate of drug-likeness (QED) is 0.0994. The van der Waals surface area contributed by atoms with E-state index in [1.165, 1.54) is 5.56 Å². The molecule has 4 N–H and O–H groups in total. The van der Waals surface area contributed by atoms with Gasteiger partial charge in [0.15, 0.2) is 0 Å². The molecule has 0 spiro atoms. The fourth-order valence-corrected chi connectivity index (χ4v) is 7.18. The van der Waals surface area contributed by atoms with E-state index >= 15 is 0 Å². The standard InChI is InChI=1S/C46H35N3O2.U/c1-46(48-29-30-12-4-2-5-13-30,49-45(47)33-24-22-32(23-25-33)31-14-6-3-7-15-31)34-26-27-39-42(28-34)50-41-21-11-17-36(43(39)41)38-19-10-18-37-35-16-8-9-20-40(35)51-44(37)38;/h2-14,16-22,24-28,45,48-49H,29,47H2,1H3;/q-2;+2.